The SMILES string of the molecule is CCNC(=NCc1ccc(OC)cc1OC1CCCC1)NCC1CCCN(C)C1. The average molecular weight is 403 g/mol. The molecule has 6 nitrogen and oxygen atoms in total. The topological polar surface area (TPSA) is 58.1 Å². The lowest BCUT2D eigenvalue weighted by Gasteiger charge is -2.30. The highest BCUT2D eigenvalue weighted by molar-refractivity contribution is 5.79. The van der Waals surface area contributed by atoms with Crippen LogP contribution in [0.2, 0.25) is 0 Å². The van der Waals surface area contributed by atoms with E-state index < -0.39 is 0 Å². The van der Waals surface area contributed by atoms with Gasteiger partial charge in [-0.05, 0) is 77.1 Å². The van der Waals surface area contributed by atoms with Gasteiger partial charge in [0.1, 0.15) is 11.5 Å². The van der Waals surface area contributed by atoms with Gasteiger partial charge in [0, 0.05) is 31.3 Å². The van der Waals surface area contributed by atoms with E-state index in [4.69, 9.17) is 14.5 Å². The maximum absolute atomic E-state index is 6.31. The number of benzene rings is 1. The van der Waals surface area contributed by atoms with Gasteiger partial charge in [-0.25, -0.2) is 4.99 Å². The van der Waals surface area contributed by atoms with Gasteiger partial charge in [0.2, 0.25) is 0 Å². The van der Waals surface area contributed by atoms with E-state index in [9.17, 15) is 0 Å². The maximum atomic E-state index is 6.31. The Balaban J connectivity index is 1.64. The number of aliphatic imine (C=N–C) groups is 1. The molecule has 1 saturated carbocycles. The van der Waals surface area contributed by atoms with Crippen molar-refractivity contribution < 1.29 is 9.47 Å². The van der Waals surface area contributed by atoms with E-state index in [1.165, 1.54) is 32.2 Å². The molecule has 0 bridgehead atoms. The number of methoxy groups -OCH3 is 1. The van der Waals surface area contributed by atoms with Crippen molar-refractivity contribution >= 4 is 5.96 Å². The summed E-state index contributed by atoms with van der Waals surface area (Å²) in [5.41, 5.74) is 1.10. The molecule has 1 atom stereocenters. The van der Waals surface area contributed by atoms with E-state index in [-0.39, 0.29) is 0 Å². The number of nitrogens with zero attached hydrogens (tertiary/aromatic N) is 2. The van der Waals surface area contributed by atoms with Gasteiger partial charge in [0.05, 0.1) is 19.8 Å². The summed E-state index contributed by atoms with van der Waals surface area (Å²) in [5.74, 6) is 3.30. The first kappa shape index (κ1) is 21.8. The van der Waals surface area contributed by atoms with Crippen LogP contribution in [0.5, 0.6) is 11.5 Å². The Morgan fingerprint density at radius 3 is 2.72 bits per heavy atom. The summed E-state index contributed by atoms with van der Waals surface area (Å²) in [4.78, 5) is 7.26. The molecule has 1 aromatic carbocycles. The van der Waals surface area contributed by atoms with Crippen LogP contribution < -0.4 is 20.1 Å². The van der Waals surface area contributed by atoms with Crippen molar-refractivity contribution in [2.24, 2.45) is 10.9 Å². The third kappa shape index (κ3) is 6.81. The van der Waals surface area contributed by atoms with Gasteiger partial charge >= 0.3 is 0 Å². The molecule has 29 heavy (non-hydrogen) atoms. The fraction of sp³-hybridized carbons (Fsp3) is 0.696. The lowest BCUT2D eigenvalue weighted by atomic mass is 9.99. The van der Waals surface area contributed by atoms with E-state index >= 15 is 0 Å². The van der Waals surface area contributed by atoms with Crippen molar-refractivity contribution in [3.05, 3.63) is 23.8 Å². The van der Waals surface area contributed by atoms with Gasteiger partial charge in [-0.1, -0.05) is 0 Å². The molecule has 0 spiro atoms. The first-order valence-electron chi connectivity index (χ1n) is 11.2. The van der Waals surface area contributed by atoms with Gasteiger partial charge in [-0.2, -0.15) is 0 Å². The Hall–Kier alpha value is -1.95. The van der Waals surface area contributed by atoms with Crippen LogP contribution in [0.3, 0.4) is 0 Å². The Morgan fingerprint density at radius 1 is 1.17 bits per heavy atom. The minimum Gasteiger partial charge on any atom is -0.497 e. The van der Waals surface area contributed by atoms with Gasteiger partial charge in [-0.3, -0.25) is 0 Å². The zero-order valence-electron chi connectivity index (χ0n) is 18.4. The molecule has 2 N–H and O–H groups in total. The quantitative estimate of drug-likeness (QED) is 0.515. The number of hydrogen-bond acceptors (Lipinski definition) is 4. The van der Waals surface area contributed by atoms with Crippen LogP contribution in [0, 0.1) is 5.92 Å². The Bertz CT molecular complexity index is 658. The third-order valence-electron chi connectivity index (χ3n) is 5.90. The molecule has 0 amide bonds. The second kappa shape index (κ2) is 11.3. The monoisotopic (exact) mass is 402 g/mol. The largest absolute Gasteiger partial charge is 0.497 e. The van der Waals surface area contributed by atoms with Crippen LogP contribution in [0.1, 0.15) is 51.0 Å². The molecule has 2 aliphatic rings. The molecule has 1 aliphatic carbocycles. The second-order valence-corrected chi connectivity index (χ2v) is 8.34. The summed E-state index contributed by atoms with van der Waals surface area (Å²) in [6, 6.07) is 6.07. The number of nitrogens with one attached hydrogen (secondary N) is 2. The zero-order chi connectivity index (χ0) is 20.5. The number of hydrogen-bond donors (Lipinski definition) is 2. The van der Waals surface area contributed by atoms with Crippen LogP contribution in [0.25, 0.3) is 0 Å². The Kier molecular flexibility index (Phi) is 8.47. The third-order valence-corrected chi connectivity index (χ3v) is 5.90. The van der Waals surface area contributed by atoms with Crippen LogP contribution >= 0.6 is 0 Å². The highest BCUT2D eigenvalue weighted by atomic mass is 16.5. The molecule has 1 saturated heterocycles. The smallest absolute Gasteiger partial charge is 0.191 e. The number of ether oxygens (including phenoxy) is 2. The molecule has 1 aromatic rings. The molecule has 3 rings (SSSR count). The standard InChI is InChI=1S/C23H38N4O2/c1-4-24-23(25-15-18-8-7-13-27(2)17-18)26-16-19-11-12-21(28-3)14-22(19)29-20-9-5-6-10-20/h11-12,14,18,20H,4-10,13,15-17H2,1-3H3,(H2,24,25,26). The summed E-state index contributed by atoms with van der Waals surface area (Å²) in [6.07, 6.45) is 7.68. The van der Waals surface area contributed by atoms with Crippen molar-refractivity contribution in [2.75, 3.05) is 40.3 Å². The van der Waals surface area contributed by atoms with Crippen LogP contribution in [0.4, 0.5) is 0 Å². The minimum absolute atomic E-state index is 0.319. The fourth-order valence-electron chi connectivity index (χ4n) is 4.27. The Labute approximate surface area is 176 Å². The molecule has 2 fully saturated rings. The van der Waals surface area contributed by atoms with Crippen molar-refractivity contribution in [2.45, 2.75) is 58.1 Å². The highest BCUT2D eigenvalue weighted by Gasteiger charge is 2.19. The maximum Gasteiger partial charge on any atom is 0.191 e. The van der Waals surface area contributed by atoms with Gasteiger partial charge in [0.15, 0.2) is 5.96 Å². The predicted octanol–water partition coefficient (Wildman–Crippen LogP) is 3.41. The summed E-state index contributed by atoms with van der Waals surface area (Å²) in [5, 5.41) is 6.92. The lowest BCUT2D eigenvalue weighted by molar-refractivity contribution is 0.207. The molecular formula is C23H38N4O2. The zero-order valence-corrected chi connectivity index (χ0v) is 18.4. The number of guanidine groups is 1. The van der Waals surface area contributed by atoms with Crippen molar-refractivity contribution in [1.29, 1.82) is 0 Å². The van der Waals surface area contributed by atoms with E-state index in [0.29, 0.717) is 18.6 Å². The number of piperidine rings is 1. The van der Waals surface area contributed by atoms with Gasteiger partial charge in [0.25, 0.3) is 0 Å². The Morgan fingerprint density at radius 2 is 2.00 bits per heavy atom. The summed E-state index contributed by atoms with van der Waals surface area (Å²) < 4.78 is 11.7. The lowest BCUT2D eigenvalue weighted by Crippen LogP contribution is -2.43. The van der Waals surface area contributed by atoms with E-state index in [0.717, 1.165) is 55.5 Å². The minimum atomic E-state index is 0.319. The van der Waals surface area contributed by atoms with E-state index in [1.807, 2.05) is 12.1 Å². The fourth-order valence-corrected chi connectivity index (χ4v) is 4.27. The van der Waals surface area contributed by atoms with Crippen LogP contribution in [-0.2, 0) is 6.54 Å². The normalized spacial score (nSPS) is 21.2. The molecule has 162 valence electrons. The van der Waals surface area contributed by atoms with Gasteiger partial charge in [-0.15, -0.1) is 0 Å². The molecular weight excluding hydrogens is 364 g/mol. The van der Waals surface area contributed by atoms with Gasteiger partial charge < -0.3 is 25.0 Å². The molecule has 1 heterocycles. The number of rotatable bonds is 8. The average Bonchev–Trinajstić information content (AvgIpc) is 3.24. The summed E-state index contributed by atoms with van der Waals surface area (Å²) >= 11 is 0. The van der Waals surface area contributed by atoms with E-state index in [2.05, 4.69) is 35.6 Å². The molecule has 6 heteroatoms. The first-order valence-corrected chi connectivity index (χ1v) is 11.2. The molecule has 0 aromatic heterocycles. The molecule has 1 unspecified atom stereocenters. The van der Waals surface area contributed by atoms with Crippen molar-refractivity contribution in [1.82, 2.24) is 15.5 Å². The molecule has 0 radical (unpaired) electrons. The van der Waals surface area contributed by atoms with E-state index in [1.54, 1.807) is 7.11 Å². The number of likely N-dealkylation sites (tertiary alicyclic amines) is 1. The van der Waals surface area contributed by atoms with Crippen LogP contribution in [0.15, 0.2) is 23.2 Å². The summed E-state index contributed by atoms with van der Waals surface area (Å²) in [6.45, 7) is 6.88. The summed E-state index contributed by atoms with van der Waals surface area (Å²) in [7, 11) is 3.91. The van der Waals surface area contributed by atoms with Crippen molar-refractivity contribution in [3.63, 3.8) is 0 Å². The predicted molar refractivity (Wildman–Crippen MR) is 119 cm³/mol. The van der Waals surface area contributed by atoms with Crippen molar-refractivity contribution in [3.8, 4) is 11.5 Å². The second-order valence-electron chi connectivity index (χ2n) is 8.34. The van der Waals surface area contributed by atoms with Crippen LogP contribution in [-0.4, -0.2) is 57.3 Å². The highest BCUT2D eigenvalue weighted by Crippen LogP contribution is 2.30. The molecule has 1 aliphatic heterocycles. The first-order chi connectivity index (χ1) is 14.2.